The van der Waals surface area contributed by atoms with E-state index in [1.165, 1.54) is 28.6 Å². The van der Waals surface area contributed by atoms with Crippen LogP contribution >= 0.6 is 15.9 Å². The van der Waals surface area contributed by atoms with E-state index in [-0.39, 0.29) is 0 Å². The van der Waals surface area contributed by atoms with Crippen LogP contribution in [0.25, 0.3) is 0 Å². The second-order valence-corrected chi connectivity index (χ2v) is 5.43. The molecule has 0 spiro atoms. The van der Waals surface area contributed by atoms with Gasteiger partial charge >= 0.3 is 0 Å². The zero-order valence-corrected chi connectivity index (χ0v) is 12.3. The lowest BCUT2D eigenvalue weighted by Crippen LogP contribution is -2.25. The summed E-state index contributed by atoms with van der Waals surface area (Å²) in [4.78, 5) is 2.50. The van der Waals surface area contributed by atoms with Crippen LogP contribution in [-0.2, 0) is 6.54 Å². The number of halogens is 1. The van der Waals surface area contributed by atoms with Gasteiger partial charge in [-0.05, 0) is 44.0 Å². The third-order valence-corrected chi connectivity index (χ3v) is 4.00. The van der Waals surface area contributed by atoms with Gasteiger partial charge in [0.25, 0.3) is 0 Å². The highest BCUT2D eigenvalue weighted by Gasteiger charge is 2.28. The monoisotopic (exact) mass is 296 g/mol. The molecular formula is C14H21BrN2. The Morgan fingerprint density at radius 2 is 2.12 bits per heavy atom. The number of nitrogens with one attached hydrogen (secondary N) is 1. The van der Waals surface area contributed by atoms with Crippen LogP contribution in [0.1, 0.15) is 32.3 Å². The average Bonchev–Trinajstić information content (AvgIpc) is 3.13. The van der Waals surface area contributed by atoms with Gasteiger partial charge in [-0.1, -0.05) is 28.9 Å². The van der Waals surface area contributed by atoms with Gasteiger partial charge in [0, 0.05) is 29.3 Å². The average molecular weight is 297 g/mol. The third-order valence-electron chi connectivity index (χ3n) is 3.26. The number of nitrogens with zero attached hydrogens (tertiary/aromatic N) is 1. The Bertz CT molecular complexity index is 374. The Morgan fingerprint density at radius 3 is 2.65 bits per heavy atom. The van der Waals surface area contributed by atoms with Crippen LogP contribution in [0.15, 0.2) is 22.7 Å². The molecule has 17 heavy (non-hydrogen) atoms. The summed E-state index contributed by atoms with van der Waals surface area (Å²) < 4.78 is 1.22. The first-order valence-corrected chi connectivity index (χ1v) is 7.31. The van der Waals surface area contributed by atoms with E-state index in [1.807, 2.05) is 0 Å². The van der Waals surface area contributed by atoms with Gasteiger partial charge in [0.2, 0.25) is 0 Å². The van der Waals surface area contributed by atoms with E-state index in [2.05, 4.69) is 58.2 Å². The number of hydrogen-bond donors (Lipinski definition) is 1. The first kappa shape index (κ1) is 12.9. The highest BCUT2D eigenvalue weighted by Crippen LogP contribution is 2.33. The number of benzene rings is 1. The maximum atomic E-state index is 3.68. The fourth-order valence-electron chi connectivity index (χ4n) is 2.16. The molecule has 0 saturated heterocycles. The Balaban J connectivity index is 2.11. The lowest BCUT2D eigenvalue weighted by Gasteiger charge is -2.23. The second-order valence-electron chi connectivity index (χ2n) is 4.57. The molecule has 1 N–H and O–H groups in total. The second kappa shape index (κ2) is 5.87. The van der Waals surface area contributed by atoms with E-state index < -0.39 is 0 Å². The third kappa shape index (κ3) is 3.23. The van der Waals surface area contributed by atoms with Crippen LogP contribution < -0.4 is 10.2 Å². The first-order valence-electron chi connectivity index (χ1n) is 6.52. The van der Waals surface area contributed by atoms with Gasteiger partial charge in [-0.2, -0.15) is 0 Å². The van der Waals surface area contributed by atoms with E-state index in [0.717, 1.165) is 25.7 Å². The van der Waals surface area contributed by atoms with Crippen molar-refractivity contribution in [3.63, 3.8) is 0 Å². The van der Waals surface area contributed by atoms with Crippen LogP contribution in [0.4, 0.5) is 5.69 Å². The van der Waals surface area contributed by atoms with Crippen molar-refractivity contribution in [1.82, 2.24) is 5.32 Å². The fraction of sp³-hybridized carbons (Fsp3) is 0.571. The van der Waals surface area contributed by atoms with Crippen molar-refractivity contribution < 1.29 is 0 Å². The standard InChI is InChI=1S/C14H21BrN2/c1-3-16-10-11-5-6-13(9-14(11)15)17(4-2)12-7-8-12/h5-6,9,12,16H,3-4,7-8,10H2,1-2H3. The Morgan fingerprint density at radius 1 is 1.35 bits per heavy atom. The molecule has 1 saturated carbocycles. The molecule has 1 aliphatic carbocycles. The summed E-state index contributed by atoms with van der Waals surface area (Å²) in [5.41, 5.74) is 2.68. The summed E-state index contributed by atoms with van der Waals surface area (Å²) in [5, 5.41) is 3.36. The van der Waals surface area contributed by atoms with Gasteiger partial charge in [-0.3, -0.25) is 0 Å². The molecule has 0 aliphatic heterocycles. The molecule has 2 rings (SSSR count). The maximum Gasteiger partial charge on any atom is 0.0380 e. The topological polar surface area (TPSA) is 15.3 Å². The highest BCUT2D eigenvalue weighted by atomic mass is 79.9. The van der Waals surface area contributed by atoms with Gasteiger partial charge in [0.15, 0.2) is 0 Å². The minimum absolute atomic E-state index is 0.784. The Kier molecular flexibility index (Phi) is 4.46. The van der Waals surface area contributed by atoms with Crippen LogP contribution in [0.5, 0.6) is 0 Å². The van der Waals surface area contributed by atoms with Crippen LogP contribution in [0, 0.1) is 0 Å². The lowest BCUT2D eigenvalue weighted by molar-refractivity contribution is 0.724. The molecule has 2 nitrogen and oxygen atoms in total. The molecule has 0 atom stereocenters. The predicted octanol–water partition coefficient (Wildman–Crippen LogP) is 3.55. The normalized spacial score (nSPS) is 15.0. The van der Waals surface area contributed by atoms with E-state index in [0.29, 0.717) is 0 Å². The molecule has 0 radical (unpaired) electrons. The van der Waals surface area contributed by atoms with Gasteiger partial charge < -0.3 is 10.2 Å². The van der Waals surface area contributed by atoms with E-state index >= 15 is 0 Å². The number of anilines is 1. The number of rotatable bonds is 6. The molecule has 0 unspecified atom stereocenters. The molecule has 94 valence electrons. The molecular weight excluding hydrogens is 276 g/mol. The van der Waals surface area contributed by atoms with E-state index in [9.17, 15) is 0 Å². The van der Waals surface area contributed by atoms with Crippen LogP contribution in [0.2, 0.25) is 0 Å². The van der Waals surface area contributed by atoms with Crippen molar-refractivity contribution in [2.24, 2.45) is 0 Å². The minimum atomic E-state index is 0.784. The molecule has 1 fully saturated rings. The van der Waals surface area contributed by atoms with Crippen LogP contribution in [-0.4, -0.2) is 19.1 Å². The quantitative estimate of drug-likeness (QED) is 0.864. The summed E-state index contributed by atoms with van der Waals surface area (Å²) in [6, 6.07) is 7.52. The largest absolute Gasteiger partial charge is 0.369 e. The van der Waals surface area contributed by atoms with Crippen molar-refractivity contribution in [2.45, 2.75) is 39.3 Å². The molecule has 1 aliphatic rings. The van der Waals surface area contributed by atoms with Gasteiger partial charge in [-0.25, -0.2) is 0 Å². The fourth-order valence-corrected chi connectivity index (χ4v) is 2.66. The summed E-state index contributed by atoms with van der Waals surface area (Å²) >= 11 is 3.68. The molecule has 0 amide bonds. The maximum absolute atomic E-state index is 3.68. The van der Waals surface area contributed by atoms with E-state index in [4.69, 9.17) is 0 Å². The molecule has 0 bridgehead atoms. The van der Waals surface area contributed by atoms with Gasteiger partial charge in [0.1, 0.15) is 0 Å². The van der Waals surface area contributed by atoms with Crippen LogP contribution in [0.3, 0.4) is 0 Å². The summed E-state index contributed by atoms with van der Waals surface area (Å²) in [7, 11) is 0. The molecule has 3 heteroatoms. The van der Waals surface area contributed by atoms with Gasteiger partial charge in [0.05, 0.1) is 0 Å². The predicted molar refractivity (Wildman–Crippen MR) is 77.6 cm³/mol. The van der Waals surface area contributed by atoms with Crippen molar-refractivity contribution in [1.29, 1.82) is 0 Å². The Labute approximate surface area is 113 Å². The van der Waals surface area contributed by atoms with Crippen molar-refractivity contribution >= 4 is 21.6 Å². The highest BCUT2D eigenvalue weighted by molar-refractivity contribution is 9.10. The SMILES string of the molecule is CCNCc1ccc(N(CC)C2CC2)cc1Br. The Hall–Kier alpha value is -0.540. The van der Waals surface area contributed by atoms with E-state index in [1.54, 1.807) is 0 Å². The zero-order valence-electron chi connectivity index (χ0n) is 10.7. The lowest BCUT2D eigenvalue weighted by atomic mass is 10.2. The zero-order chi connectivity index (χ0) is 12.3. The first-order chi connectivity index (χ1) is 8.26. The summed E-state index contributed by atoms with van der Waals surface area (Å²) in [6.07, 6.45) is 2.70. The van der Waals surface area contributed by atoms with Crippen molar-refractivity contribution in [2.75, 3.05) is 18.0 Å². The van der Waals surface area contributed by atoms with Crippen molar-refractivity contribution in [3.05, 3.63) is 28.2 Å². The smallest absolute Gasteiger partial charge is 0.0380 e. The van der Waals surface area contributed by atoms with Gasteiger partial charge in [-0.15, -0.1) is 0 Å². The minimum Gasteiger partial charge on any atom is -0.369 e. The molecule has 0 aromatic heterocycles. The molecule has 1 aromatic carbocycles. The molecule has 0 heterocycles. The summed E-state index contributed by atoms with van der Waals surface area (Å²) in [6.45, 7) is 7.42. The van der Waals surface area contributed by atoms with Crippen molar-refractivity contribution in [3.8, 4) is 0 Å². The summed E-state index contributed by atoms with van der Waals surface area (Å²) in [5.74, 6) is 0. The number of hydrogen-bond acceptors (Lipinski definition) is 2. The molecule has 1 aromatic rings.